The summed E-state index contributed by atoms with van der Waals surface area (Å²) in [5, 5.41) is -0.0128. The van der Waals surface area contributed by atoms with E-state index >= 15 is 0 Å². The maximum Gasteiger partial charge on any atom is 0.330 e. The number of carbonyl (C=O) groups is 1. The zero-order valence-electron chi connectivity index (χ0n) is 21.2. The van der Waals surface area contributed by atoms with Gasteiger partial charge in [-0.3, -0.25) is 18.9 Å². The smallest absolute Gasteiger partial charge is 0.330 e. The average Bonchev–Trinajstić information content (AvgIpc) is 3.42. The van der Waals surface area contributed by atoms with Gasteiger partial charge in [-0.05, 0) is 37.3 Å². The van der Waals surface area contributed by atoms with Crippen LogP contribution in [0.25, 0.3) is 0 Å². The zero-order chi connectivity index (χ0) is 26.7. The van der Waals surface area contributed by atoms with Crippen LogP contribution in [0.4, 0.5) is 0 Å². The minimum Gasteiger partial charge on any atom is -0.460 e. The van der Waals surface area contributed by atoms with Crippen molar-refractivity contribution in [3.63, 3.8) is 0 Å². The zero-order valence-corrected chi connectivity index (χ0v) is 23.0. The fraction of sp³-hybridized carbons (Fsp3) is 0.522. The number of imidazole rings is 1. The molecule has 0 aliphatic carbocycles. The highest BCUT2D eigenvalue weighted by Gasteiger charge is 2.51. The van der Waals surface area contributed by atoms with Crippen LogP contribution < -0.4 is 11.2 Å². The Labute approximate surface area is 215 Å². The van der Waals surface area contributed by atoms with Crippen molar-refractivity contribution in [3.8, 4) is 0 Å². The number of ether oxygens (including phenoxy) is 3. The first-order valence-corrected chi connectivity index (χ1v) is 14.8. The molecule has 1 N–H and O–H groups in total. The van der Waals surface area contributed by atoms with Crippen molar-refractivity contribution < 1.29 is 23.4 Å². The normalized spacial score (nSPS) is 22.6. The number of esters is 1. The van der Waals surface area contributed by atoms with Gasteiger partial charge in [0.25, 0.3) is 10.7 Å². The summed E-state index contributed by atoms with van der Waals surface area (Å²) in [6.07, 6.45) is 4.82. The van der Waals surface area contributed by atoms with Gasteiger partial charge < -0.3 is 18.6 Å². The van der Waals surface area contributed by atoms with Crippen LogP contribution in [-0.4, -0.2) is 63.5 Å². The molecule has 0 saturated carbocycles. The van der Waals surface area contributed by atoms with Crippen molar-refractivity contribution in [1.82, 2.24) is 19.1 Å². The predicted octanol–water partition coefficient (Wildman–Crippen LogP) is 2.36. The molecule has 0 spiro atoms. The van der Waals surface area contributed by atoms with Crippen molar-refractivity contribution in [3.05, 3.63) is 64.0 Å². The molecule has 3 heterocycles. The maximum absolute atomic E-state index is 12.6. The monoisotopic (exact) mass is 536 g/mol. The Balaban J connectivity index is 2.01. The van der Waals surface area contributed by atoms with Gasteiger partial charge in [-0.1, -0.05) is 26.8 Å². The summed E-state index contributed by atoms with van der Waals surface area (Å²) in [7, 11) is -2.20. The standard InChI is InChI=1S/C23H32N4O7SSi/c1-7-8-17(29)33-19-18(34-22(35)26-12-10-24-14-26)15(13-31-36(5,6)23(2,3)4)32-20(19)27-11-9-16(28)25-21(27)30/h7-12,14-15,18-20H,13H2,1-6H3,(H,25,28,30)/b8-7+/t15-,18-,19-,20-/m1/s1. The van der Waals surface area contributed by atoms with E-state index in [9.17, 15) is 14.4 Å². The summed E-state index contributed by atoms with van der Waals surface area (Å²) in [5.74, 6) is -0.651. The molecule has 196 valence electrons. The summed E-state index contributed by atoms with van der Waals surface area (Å²) in [4.78, 5) is 42.9. The van der Waals surface area contributed by atoms with Crippen molar-refractivity contribution in [2.75, 3.05) is 6.61 Å². The van der Waals surface area contributed by atoms with Crippen LogP contribution in [0.3, 0.4) is 0 Å². The molecule has 2 aromatic rings. The Hall–Kier alpha value is -2.87. The molecule has 11 nitrogen and oxygen atoms in total. The molecule has 0 unspecified atom stereocenters. The number of H-pyrrole nitrogens is 1. The van der Waals surface area contributed by atoms with Crippen LogP contribution in [-0.2, 0) is 23.4 Å². The largest absolute Gasteiger partial charge is 0.460 e. The molecule has 0 aromatic carbocycles. The van der Waals surface area contributed by atoms with Crippen LogP contribution in [0.1, 0.15) is 33.9 Å². The summed E-state index contributed by atoms with van der Waals surface area (Å²) in [6.45, 7) is 12.3. The molecule has 3 rings (SSSR count). The molecular formula is C23H32N4O7SSi. The first kappa shape index (κ1) is 27.7. The van der Waals surface area contributed by atoms with Crippen molar-refractivity contribution >= 4 is 31.7 Å². The molecule has 13 heteroatoms. The number of hydrogen-bond acceptors (Lipinski definition) is 9. The Morgan fingerprint density at radius 1 is 1.25 bits per heavy atom. The molecule has 1 fully saturated rings. The fourth-order valence-electron chi connectivity index (χ4n) is 3.32. The Morgan fingerprint density at radius 2 is 1.97 bits per heavy atom. The summed E-state index contributed by atoms with van der Waals surface area (Å²) in [6, 6.07) is 1.18. The minimum atomic E-state index is -2.20. The van der Waals surface area contributed by atoms with Gasteiger partial charge in [-0.15, -0.1) is 0 Å². The lowest BCUT2D eigenvalue weighted by Gasteiger charge is -2.37. The molecule has 1 aliphatic heterocycles. The third-order valence-corrected chi connectivity index (χ3v) is 11.1. The molecule has 2 aromatic heterocycles. The summed E-state index contributed by atoms with van der Waals surface area (Å²) in [5.41, 5.74) is -1.29. The number of hydrogen-bond donors (Lipinski definition) is 1. The number of rotatable bonds is 7. The lowest BCUT2D eigenvalue weighted by molar-refractivity contribution is -0.152. The summed E-state index contributed by atoms with van der Waals surface area (Å²) < 4.78 is 27.1. The van der Waals surface area contributed by atoms with Crippen LogP contribution in [0, 0.1) is 0 Å². The van der Waals surface area contributed by atoms with E-state index in [4.69, 9.17) is 30.9 Å². The lowest BCUT2D eigenvalue weighted by Crippen LogP contribution is -2.46. The van der Waals surface area contributed by atoms with E-state index in [1.54, 1.807) is 19.3 Å². The average molecular weight is 537 g/mol. The Bertz CT molecular complexity index is 1220. The van der Waals surface area contributed by atoms with Crippen LogP contribution in [0.2, 0.25) is 18.1 Å². The number of aromatic nitrogens is 4. The SMILES string of the molecule is C/C=C/C(=O)O[C@@H]1[C@H](OC(=S)n2ccnc2)[C@@H](CO[Si](C)(C)C(C)(C)C)O[C@H]1n1ccc(=O)[nH]c1=O. The Kier molecular flexibility index (Phi) is 8.49. The first-order valence-electron chi connectivity index (χ1n) is 11.5. The van der Waals surface area contributed by atoms with Gasteiger partial charge in [0.2, 0.25) is 0 Å². The van der Waals surface area contributed by atoms with Gasteiger partial charge in [0.1, 0.15) is 12.4 Å². The van der Waals surface area contributed by atoms with Crippen molar-refractivity contribution in [1.29, 1.82) is 0 Å². The van der Waals surface area contributed by atoms with E-state index in [0.29, 0.717) is 0 Å². The summed E-state index contributed by atoms with van der Waals surface area (Å²) >= 11 is 5.44. The third kappa shape index (κ3) is 6.27. The fourth-order valence-corrected chi connectivity index (χ4v) is 4.56. The first-order chi connectivity index (χ1) is 16.8. The van der Waals surface area contributed by atoms with E-state index in [1.165, 1.54) is 35.3 Å². The number of thiocarbonyl (C=S) groups is 1. The van der Waals surface area contributed by atoms with Gasteiger partial charge in [0.15, 0.2) is 26.8 Å². The number of nitrogens with zero attached hydrogens (tertiary/aromatic N) is 3. The van der Waals surface area contributed by atoms with Gasteiger partial charge >= 0.3 is 11.7 Å². The second-order valence-corrected chi connectivity index (χ2v) is 15.0. The molecule has 0 amide bonds. The van der Waals surface area contributed by atoms with E-state index in [0.717, 1.165) is 4.57 Å². The molecule has 0 bridgehead atoms. The molecule has 4 atom stereocenters. The predicted molar refractivity (Wildman–Crippen MR) is 138 cm³/mol. The maximum atomic E-state index is 12.6. The quantitative estimate of drug-likeness (QED) is 0.246. The topological polar surface area (TPSA) is 127 Å². The van der Waals surface area contributed by atoms with Crippen LogP contribution in [0.5, 0.6) is 0 Å². The molecule has 1 aliphatic rings. The van der Waals surface area contributed by atoms with E-state index < -0.39 is 50.1 Å². The number of aromatic amines is 1. The molecule has 0 radical (unpaired) electrons. The van der Waals surface area contributed by atoms with E-state index in [1.807, 2.05) is 0 Å². The number of nitrogens with one attached hydrogen (secondary N) is 1. The van der Waals surface area contributed by atoms with E-state index in [-0.39, 0.29) is 16.8 Å². The molecule has 36 heavy (non-hydrogen) atoms. The highest BCUT2D eigenvalue weighted by molar-refractivity contribution is 7.80. The highest BCUT2D eigenvalue weighted by Crippen LogP contribution is 2.39. The van der Waals surface area contributed by atoms with Gasteiger partial charge in [0, 0.05) is 30.7 Å². The van der Waals surface area contributed by atoms with Gasteiger partial charge in [0.05, 0.1) is 6.61 Å². The Morgan fingerprint density at radius 3 is 2.56 bits per heavy atom. The van der Waals surface area contributed by atoms with Gasteiger partial charge in [-0.25, -0.2) is 14.6 Å². The molecular weight excluding hydrogens is 504 g/mol. The lowest BCUT2D eigenvalue weighted by atomic mass is 10.1. The van der Waals surface area contributed by atoms with E-state index in [2.05, 4.69) is 43.8 Å². The second kappa shape index (κ2) is 11.0. The third-order valence-electron chi connectivity index (χ3n) is 6.33. The van der Waals surface area contributed by atoms with Gasteiger partial charge in [-0.2, -0.15) is 0 Å². The number of carbonyl (C=O) groups excluding carboxylic acids is 1. The van der Waals surface area contributed by atoms with Crippen molar-refractivity contribution in [2.45, 2.75) is 70.4 Å². The number of allylic oxidation sites excluding steroid dienone is 1. The van der Waals surface area contributed by atoms with Crippen LogP contribution >= 0.6 is 12.2 Å². The highest BCUT2D eigenvalue weighted by atomic mass is 32.1. The minimum absolute atomic E-state index is 0.0555. The second-order valence-electron chi connectivity index (χ2n) is 9.87. The molecule has 1 saturated heterocycles. The van der Waals surface area contributed by atoms with Crippen molar-refractivity contribution in [2.24, 2.45) is 0 Å². The van der Waals surface area contributed by atoms with Crippen LogP contribution in [0.15, 0.2) is 52.7 Å².